The Bertz CT molecular complexity index is 523. The Morgan fingerprint density at radius 2 is 2.17 bits per heavy atom. The lowest BCUT2D eigenvalue weighted by atomic mass is 10.1. The molecule has 1 aromatic carbocycles. The molecule has 2 N–H and O–H groups in total. The first-order chi connectivity index (χ1) is 8.58. The van der Waals surface area contributed by atoms with Crippen LogP contribution in [-0.4, -0.2) is 13.6 Å². The van der Waals surface area contributed by atoms with Gasteiger partial charge < -0.3 is 10.6 Å². The first-order valence-electron chi connectivity index (χ1n) is 5.87. The fraction of sp³-hybridized carbons (Fsp3) is 0.286. The summed E-state index contributed by atoms with van der Waals surface area (Å²) in [6, 6.07) is 8.13. The highest BCUT2D eigenvalue weighted by Gasteiger charge is 2.08. The molecule has 0 bridgehead atoms. The second-order valence-electron chi connectivity index (χ2n) is 4.41. The maximum absolute atomic E-state index is 6.08. The maximum atomic E-state index is 6.08. The summed E-state index contributed by atoms with van der Waals surface area (Å²) in [5, 5.41) is 2.74. The van der Waals surface area contributed by atoms with Crippen molar-refractivity contribution in [2.75, 3.05) is 24.2 Å². The molecule has 0 amide bonds. The number of hydrogen-bond donors (Lipinski definition) is 1. The smallest absolute Gasteiger partial charge is 0.0656 e. The fourth-order valence-corrected chi connectivity index (χ4v) is 2.81. The summed E-state index contributed by atoms with van der Waals surface area (Å²) in [5.74, 6) is 0. The van der Waals surface area contributed by atoms with E-state index in [0.717, 1.165) is 24.2 Å². The van der Waals surface area contributed by atoms with Gasteiger partial charge in [-0.15, -0.1) is 11.3 Å². The topological polar surface area (TPSA) is 29.3 Å². The first kappa shape index (κ1) is 13.2. The van der Waals surface area contributed by atoms with E-state index in [9.17, 15) is 0 Å². The third-order valence-corrected chi connectivity index (χ3v) is 4.26. The lowest BCUT2D eigenvalue weighted by Gasteiger charge is -2.22. The molecular formula is C14H17ClN2S. The largest absolute Gasteiger partial charge is 0.398 e. The summed E-state index contributed by atoms with van der Waals surface area (Å²) in [5.41, 5.74) is 8.74. The van der Waals surface area contributed by atoms with Gasteiger partial charge in [-0.1, -0.05) is 17.7 Å². The highest BCUT2D eigenvalue weighted by molar-refractivity contribution is 7.09. The number of likely N-dealkylation sites (N-methyl/N-ethyl adjacent to an activating group) is 1. The molecule has 0 radical (unpaired) electrons. The Balaban J connectivity index is 2.09. The number of benzene rings is 1. The predicted octanol–water partition coefficient (Wildman–Crippen LogP) is 3.97. The van der Waals surface area contributed by atoms with Crippen molar-refractivity contribution >= 4 is 34.3 Å². The van der Waals surface area contributed by atoms with Gasteiger partial charge >= 0.3 is 0 Å². The van der Waals surface area contributed by atoms with Crippen molar-refractivity contribution in [1.29, 1.82) is 0 Å². The molecule has 96 valence electrons. The molecule has 0 saturated heterocycles. The number of nitrogens with two attached hydrogens (primary N) is 1. The van der Waals surface area contributed by atoms with Crippen molar-refractivity contribution in [2.45, 2.75) is 13.3 Å². The number of anilines is 2. The van der Waals surface area contributed by atoms with Crippen LogP contribution in [0.25, 0.3) is 0 Å². The summed E-state index contributed by atoms with van der Waals surface area (Å²) < 4.78 is 0. The van der Waals surface area contributed by atoms with E-state index in [2.05, 4.69) is 36.4 Å². The number of aryl methyl sites for hydroxylation is 1. The molecule has 0 saturated carbocycles. The zero-order valence-corrected chi connectivity index (χ0v) is 12.2. The quantitative estimate of drug-likeness (QED) is 0.859. The van der Waals surface area contributed by atoms with Crippen LogP contribution in [0.1, 0.15) is 10.4 Å². The van der Waals surface area contributed by atoms with Crippen molar-refractivity contribution in [1.82, 2.24) is 0 Å². The lowest BCUT2D eigenvalue weighted by molar-refractivity contribution is 0.883. The first-order valence-corrected chi connectivity index (χ1v) is 7.13. The molecule has 2 aromatic rings. The van der Waals surface area contributed by atoms with Gasteiger partial charge in [-0.3, -0.25) is 0 Å². The average Bonchev–Trinajstić information content (AvgIpc) is 2.84. The lowest BCUT2D eigenvalue weighted by Crippen LogP contribution is -2.21. The van der Waals surface area contributed by atoms with Crippen molar-refractivity contribution in [3.63, 3.8) is 0 Å². The molecule has 0 atom stereocenters. The molecule has 4 heteroatoms. The Morgan fingerprint density at radius 1 is 1.39 bits per heavy atom. The summed E-state index contributed by atoms with van der Waals surface area (Å²) in [6.07, 6.45) is 1.05. The van der Waals surface area contributed by atoms with Gasteiger partial charge in [-0.2, -0.15) is 0 Å². The molecule has 18 heavy (non-hydrogen) atoms. The van der Waals surface area contributed by atoms with Crippen LogP contribution in [0, 0.1) is 6.92 Å². The molecule has 0 unspecified atom stereocenters. The van der Waals surface area contributed by atoms with Crippen molar-refractivity contribution in [3.8, 4) is 0 Å². The summed E-state index contributed by atoms with van der Waals surface area (Å²) in [7, 11) is 2.09. The summed E-state index contributed by atoms with van der Waals surface area (Å²) in [6.45, 7) is 3.03. The van der Waals surface area contributed by atoms with Crippen LogP contribution in [-0.2, 0) is 6.42 Å². The average molecular weight is 281 g/mol. The van der Waals surface area contributed by atoms with Gasteiger partial charge in [-0.05, 0) is 42.5 Å². The van der Waals surface area contributed by atoms with Gasteiger partial charge in [0.05, 0.1) is 10.7 Å². The minimum atomic E-state index is 0.624. The van der Waals surface area contributed by atoms with Crippen molar-refractivity contribution in [3.05, 3.63) is 45.1 Å². The standard InChI is InChI=1S/C14H17ClN2S/c1-10-8-13(16)12(15)9-14(10)17(2)6-5-11-4-3-7-18-11/h3-4,7-9H,5-6,16H2,1-2H3. The minimum Gasteiger partial charge on any atom is -0.398 e. The van der Waals surface area contributed by atoms with E-state index in [1.165, 1.54) is 4.88 Å². The molecule has 2 rings (SSSR count). The molecule has 0 fully saturated rings. The molecule has 0 spiro atoms. The van der Waals surface area contributed by atoms with Crippen LogP contribution in [0.3, 0.4) is 0 Å². The van der Waals surface area contributed by atoms with E-state index in [1.54, 1.807) is 11.3 Å². The van der Waals surface area contributed by atoms with Crippen LogP contribution in [0.2, 0.25) is 5.02 Å². The van der Waals surface area contributed by atoms with Gasteiger partial charge in [0.1, 0.15) is 0 Å². The van der Waals surface area contributed by atoms with E-state index in [-0.39, 0.29) is 0 Å². The second kappa shape index (κ2) is 5.63. The molecule has 1 aromatic heterocycles. The monoisotopic (exact) mass is 280 g/mol. The van der Waals surface area contributed by atoms with Gasteiger partial charge in [-0.25, -0.2) is 0 Å². The Labute approximate surface area is 117 Å². The van der Waals surface area contributed by atoms with E-state index < -0.39 is 0 Å². The van der Waals surface area contributed by atoms with Gasteiger partial charge in [0.15, 0.2) is 0 Å². The van der Waals surface area contributed by atoms with Crippen LogP contribution in [0.5, 0.6) is 0 Å². The van der Waals surface area contributed by atoms with Crippen molar-refractivity contribution < 1.29 is 0 Å². The zero-order valence-electron chi connectivity index (χ0n) is 10.6. The third-order valence-electron chi connectivity index (χ3n) is 3.00. The number of nitrogen functional groups attached to an aromatic ring is 1. The van der Waals surface area contributed by atoms with Crippen LogP contribution < -0.4 is 10.6 Å². The summed E-state index contributed by atoms with van der Waals surface area (Å²) in [4.78, 5) is 3.63. The highest BCUT2D eigenvalue weighted by atomic mass is 35.5. The SMILES string of the molecule is Cc1cc(N)c(Cl)cc1N(C)CCc1cccs1. The Morgan fingerprint density at radius 3 is 2.83 bits per heavy atom. The summed E-state index contributed by atoms with van der Waals surface area (Å²) >= 11 is 7.88. The van der Waals surface area contributed by atoms with Gasteiger partial charge in [0.25, 0.3) is 0 Å². The van der Waals surface area contributed by atoms with E-state index in [0.29, 0.717) is 10.7 Å². The number of nitrogens with zero attached hydrogens (tertiary/aromatic N) is 1. The molecular weight excluding hydrogens is 264 g/mol. The zero-order chi connectivity index (χ0) is 13.1. The van der Waals surface area contributed by atoms with Gasteiger partial charge in [0, 0.05) is 24.2 Å². The normalized spacial score (nSPS) is 10.6. The van der Waals surface area contributed by atoms with Crippen molar-refractivity contribution in [2.24, 2.45) is 0 Å². The molecule has 0 aliphatic rings. The van der Waals surface area contributed by atoms with E-state index in [4.69, 9.17) is 17.3 Å². The number of halogens is 1. The Hall–Kier alpha value is -1.19. The van der Waals surface area contributed by atoms with Crippen LogP contribution in [0.15, 0.2) is 29.6 Å². The van der Waals surface area contributed by atoms with E-state index >= 15 is 0 Å². The predicted molar refractivity (Wildman–Crippen MR) is 81.9 cm³/mol. The Kier molecular flexibility index (Phi) is 4.15. The number of thiophene rings is 1. The molecule has 0 aliphatic heterocycles. The fourth-order valence-electron chi connectivity index (χ4n) is 1.96. The number of rotatable bonds is 4. The van der Waals surface area contributed by atoms with E-state index in [1.807, 2.05) is 12.1 Å². The third kappa shape index (κ3) is 2.98. The number of hydrogen-bond acceptors (Lipinski definition) is 3. The molecule has 1 heterocycles. The van der Waals surface area contributed by atoms with Crippen LogP contribution >= 0.6 is 22.9 Å². The highest BCUT2D eigenvalue weighted by Crippen LogP contribution is 2.29. The molecule has 2 nitrogen and oxygen atoms in total. The van der Waals surface area contributed by atoms with Gasteiger partial charge in [0.2, 0.25) is 0 Å². The maximum Gasteiger partial charge on any atom is 0.0656 e. The van der Waals surface area contributed by atoms with Crippen LogP contribution in [0.4, 0.5) is 11.4 Å². The minimum absolute atomic E-state index is 0.624. The molecule has 0 aliphatic carbocycles. The second-order valence-corrected chi connectivity index (χ2v) is 5.85.